The van der Waals surface area contributed by atoms with E-state index in [1.54, 1.807) is 0 Å². The van der Waals surface area contributed by atoms with Gasteiger partial charge in [0.05, 0.1) is 33.4 Å². The van der Waals surface area contributed by atoms with Gasteiger partial charge in [-0.1, -0.05) is 360 Å². The number of nitrogens with zero attached hydrogens (tertiary/aromatic N) is 4. The fourth-order valence-electron chi connectivity index (χ4n) is 22.6. The maximum atomic E-state index is 2.76. The van der Waals surface area contributed by atoms with Crippen LogP contribution in [0, 0.1) is 0 Å². The van der Waals surface area contributed by atoms with E-state index in [0.29, 0.717) is 0 Å². The number of para-hydroxylation sites is 2. The van der Waals surface area contributed by atoms with Crippen molar-refractivity contribution in [2.24, 2.45) is 0 Å². The molecule has 0 unspecified atom stereocenters. The van der Waals surface area contributed by atoms with Gasteiger partial charge in [0, 0.05) is 77.9 Å². The fraction of sp³-hybridized carbons (Fsp3) is 0.0328. The average molecular weight is 1610 g/mol. The molecule has 127 heavy (non-hydrogen) atoms. The molecular formula is C122H79BN4. The van der Waals surface area contributed by atoms with Gasteiger partial charge in [-0.05, 0) is 244 Å². The Morgan fingerprint density at radius 1 is 0.205 bits per heavy atom. The summed E-state index contributed by atoms with van der Waals surface area (Å²) in [6, 6.07) is 162. The van der Waals surface area contributed by atoms with Crippen LogP contribution in [0.1, 0.15) is 26.3 Å². The molecule has 0 N–H and O–H groups in total. The van der Waals surface area contributed by atoms with Gasteiger partial charge in [0.2, 0.25) is 0 Å². The van der Waals surface area contributed by atoms with Gasteiger partial charge in [-0.25, -0.2) is 0 Å². The third-order valence-corrected chi connectivity index (χ3v) is 28.2. The third-order valence-electron chi connectivity index (χ3n) is 28.2. The number of rotatable bonds is 12. The molecule has 0 saturated carbocycles. The van der Waals surface area contributed by atoms with E-state index in [1.165, 1.54) is 130 Å². The van der Waals surface area contributed by atoms with Crippen LogP contribution in [0.4, 0.5) is 34.1 Å². The molecular weight excluding hydrogens is 1530 g/mol. The number of hydrogen-bond acceptors (Lipinski definition) is 2. The Morgan fingerprint density at radius 2 is 0.472 bits per heavy atom. The highest BCUT2D eigenvalue weighted by Gasteiger charge is 2.47. The summed E-state index contributed by atoms with van der Waals surface area (Å²) in [7, 11) is 0. The van der Waals surface area contributed by atoms with Crippen molar-refractivity contribution in [2.75, 3.05) is 9.80 Å². The number of anilines is 6. The molecule has 0 radical (unpaired) electrons. The highest BCUT2D eigenvalue weighted by atomic mass is 15.2. The number of aromatic nitrogens is 2. The first kappa shape index (κ1) is 71.5. The van der Waals surface area contributed by atoms with E-state index in [9.17, 15) is 0 Å². The van der Waals surface area contributed by atoms with Crippen LogP contribution in [0.25, 0.3) is 209 Å². The highest BCUT2D eigenvalue weighted by Crippen LogP contribution is 2.57. The molecule has 25 aromatic rings. The molecule has 0 aliphatic carbocycles. The van der Waals surface area contributed by atoms with E-state index in [-0.39, 0.29) is 6.71 Å². The summed E-state index contributed by atoms with van der Waals surface area (Å²) in [4.78, 5) is 5.53. The molecule has 0 fully saturated rings. The molecule has 4 heterocycles. The van der Waals surface area contributed by atoms with E-state index in [0.717, 1.165) is 135 Å². The SMILES string of the molecule is CC(C)(C)c1cc2c3c(c1)N(c1c(-c4cccc(-c5ccccc5)c4)cccc1-c1cccc(-c4ccccc4)c1)c1cc(-n4c5ccc6cccc7c8cccc9ccc4c(c98)c5c67)ccc1B3c1ccc(-n3c4ccc5cccc6c7cccc8ccc3c(c87)c4c56)cc1N2c1c(-c2cccc(-c3ccccc3)c2)cccc1-c1cccc(-c2ccccc2)c1. The van der Waals surface area contributed by atoms with E-state index in [2.05, 4.69) is 464 Å². The average Bonchev–Trinajstić information content (AvgIpc) is 1.07. The Labute approximate surface area is 736 Å². The van der Waals surface area contributed by atoms with Crippen molar-refractivity contribution in [3.8, 4) is 100 Å². The van der Waals surface area contributed by atoms with Crippen LogP contribution in [0.5, 0.6) is 0 Å². The summed E-state index contributed by atoms with van der Waals surface area (Å²) >= 11 is 0. The van der Waals surface area contributed by atoms with Crippen LogP contribution < -0.4 is 26.2 Å². The number of hydrogen-bond donors (Lipinski definition) is 0. The van der Waals surface area contributed by atoms with E-state index in [1.807, 2.05) is 0 Å². The van der Waals surface area contributed by atoms with Gasteiger partial charge < -0.3 is 18.9 Å². The zero-order chi connectivity index (χ0) is 83.6. The molecule has 0 spiro atoms. The first-order valence-corrected chi connectivity index (χ1v) is 44.5. The van der Waals surface area contributed by atoms with E-state index in [4.69, 9.17) is 0 Å². The lowest BCUT2D eigenvalue weighted by Crippen LogP contribution is -2.61. The molecule has 0 atom stereocenters. The second-order valence-corrected chi connectivity index (χ2v) is 36.1. The molecule has 27 rings (SSSR count). The molecule has 0 bridgehead atoms. The van der Waals surface area contributed by atoms with Crippen molar-refractivity contribution >= 4 is 165 Å². The van der Waals surface area contributed by atoms with Crippen LogP contribution in [0.15, 0.2) is 425 Å². The van der Waals surface area contributed by atoms with Gasteiger partial charge in [0.15, 0.2) is 0 Å². The lowest BCUT2D eigenvalue weighted by molar-refractivity contribution is 0.590. The number of fused-ring (bicyclic) bond motifs is 6. The highest BCUT2D eigenvalue weighted by molar-refractivity contribution is 7.00. The monoisotopic (exact) mass is 1610 g/mol. The minimum absolute atomic E-state index is 0.326. The summed E-state index contributed by atoms with van der Waals surface area (Å²) in [6.07, 6.45) is 0. The fourth-order valence-corrected chi connectivity index (χ4v) is 22.6. The largest absolute Gasteiger partial charge is 0.310 e. The van der Waals surface area contributed by atoms with Crippen molar-refractivity contribution in [1.82, 2.24) is 9.13 Å². The molecule has 2 aliphatic heterocycles. The normalized spacial score (nSPS) is 12.8. The molecule has 5 heteroatoms. The van der Waals surface area contributed by atoms with Gasteiger partial charge in [0.1, 0.15) is 0 Å². The Kier molecular flexibility index (Phi) is 15.3. The Hall–Kier alpha value is -16.1. The molecule has 2 aromatic heterocycles. The second-order valence-electron chi connectivity index (χ2n) is 36.1. The topological polar surface area (TPSA) is 16.3 Å². The first-order valence-electron chi connectivity index (χ1n) is 44.5. The molecule has 4 nitrogen and oxygen atoms in total. The second kappa shape index (κ2) is 27.2. The quantitative estimate of drug-likeness (QED) is 0.0689. The summed E-state index contributed by atoms with van der Waals surface area (Å²) < 4.78 is 5.21. The minimum Gasteiger partial charge on any atom is -0.310 e. The van der Waals surface area contributed by atoms with Crippen molar-refractivity contribution in [2.45, 2.75) is 26.2 Å². The van der Waals surface area contributed by atoms with E-state index >= 15 is 0 Å². The van der Waals surface area contributed by atoms with Gasteiger partial charge in [0.25, 0.3) is 6.71 Å². The predicted molar refractivity (Wildman–Crippen MR) is 541 cm³/mol. The lowest BCUT2D eigenvalue weighted by Gasteiger charge is -2.46. The Balaban J connectivity index is 0.807. The molecule has 590 valence electrons. The van der Waals surface area contributed by atoms with E-state index < -0.39 is 5.41 Å². The third kappa shape index (κ3) is 10.6. The molecule has 0 amide bonds. The van der Waals surface area contributed by atoms with Crippen LogP contribution >= 0.6 is 0 Å². The maximum absolute atomic E-state index is 2.76. The summed E-state index contributed by atoms with van der Waals surface area (Å²) in [5.74, 6) is 0. The first-order chi connectivity index (χ1) is 62.7. The van der Waals surface area contributed by atoms with Gasteiger partial charge in [-0.15, -0.1) is 0 Å². The number of benzene rings is 23. The lowest BCUT2D eigenvalue weighted by atomic mass is 9.33. The van der Waals surface area contributed by atoms with Gasteiger partial charge in [-0.2, -0.15) is 0 Å². The summed E-state index contributed by atoms with van der Waals surface area (Å²) in [6.45, 7) is 6.93. The minimum atomic E-state index is -0.410. The summed E-state index contributed by atoms with van der Waals surface area (Å²) in [5, 5.41) is 20.6. The van der Waals surface area contributed by atoms with Crippen molar-refractivity contribution in [3.63, 3.8) is 0 Å². The zero-order valence-electron chi connectivity index (χ0n) is 70.3. The molecule has 0 saturated heterocycles. The standard InChI is InChI=1S/C122H79BN4/c1-122(2,3)90-70-109-119-110(71-90)127(121-95(88-44-18-40-84(68-88)76-30-12-6-13-31-76)48-25-49-96(121)89-45-19-41-85(69-89)77-32-14-7-15-33-77)108-73-92(125-105-64-56-80-36-22-52-99-100-53-23-37-81-57-65-106(125)118(114(81)100)117(105)113(80)99)59-61-102(108)123(119)101-60-58-91(124-103-62-54-78-34-20-50-97-98-51-21-35-79-55-63-104(124)116(112(79)98)115(103)111(78)97)72-107(101)126(109)120-93(86-42-16-38-82(66-86)74-26-8-4-9-27-74)46-24-47-94(120)87-43-17-39-83(67-87)75-28-10-5-11-29-75/h4-73H,1-3H3. The van der Waals surface area contributed by atoms with Crippen LogP contribution in [0.2, 0.25) is 0 Å². The maximum Gasteiger partial charge on any atom is 0.252 e. The molecule has 2 aliphatic rings. The van der Waals surface area contributed by atoms with Crippen LogP contribution in [-0.4, -0.2) is 15.8 Å². The predicted octanol–water partition coefficient (Wildman–Crippen LogP) is 31.3. The van der Waals surface area contributed by atoms with Gasteiger partial charge in [-0.3, -0.25) is 0 Å². The van der Waals surface area contributed by atoms with Crippen LogP contribution in [-0.2, 0) is 5.41 Å². The Morgan fingerprint density at radius 3 is 0.764 bits per heavy atom. The van der Waals surface area contributed by atoms with Crippen LogP contribution in [0.3, 0.4) is 0 Å². The smallest absolute Gasteiger partial charge is 0.252 e. The van der Waals surface area contributed by atoms with Crippen molar-refractivity contribution in [1.29, 1.82) is 0 Å². The van der Waals surface area contributed by atoms with Crippen molar-refractivity contribution in [3.05, 3.63) is 430 Å². The van der Waals surface area contributed by atoms with Crippen molar-refractivity contribution < 1.29 is 0 Å². The van der Waals surface area contributed by atoms with Gasteiger partial charge >= 0.3 is 0 Å². The zero-order valence-corrected chi connectivity index (χ0v) is 70.3. The summed E-state index contributed by atoms with van der Waals surface area (Å²) in [5.41, 5.74) is 36.2. The molecule has 23 aromatic carbocycles. The Bertz CT molecular complexity index is 7910.